The number of fused-ring (bicyclic) bond motifs is 1. The number of rotatable bonds is 9. The highest BCUT2D eigenvalue weighted by molar-refractivity contribution is 5.83. The number of likely N-dealkylation sites (tertiary alicyclic amines) is 1. The van der Waals surface area contributed by atoms with Crippen molar-refractivity contribution < 1.29 is 9.47 Å². The lowest BCUT2D eigenvalue weighted by Gasteiger charge is -2.32. The van der Waals surface area contributed by atoms with E-state index in [9.17, 15) is 0 Å². The first-order chi connectivity index (χ1) is 13.8. The van der Waals surface area contributed by atoms with Gasteiger partial charge in [-0.15, -0.1) is 0 Å². The van der Waals surface area contributed by atoms with Gasteiger partial charge in [-0.25, -0.2) is 0 Å². The van der Waals surface area contributed by atoms with E-state index in [2.05, 4.69) is 45.7 Å². The highest BCUT2D eigenvalue weighted by atomic mass is 16.5. The highest BCUT2D eigenvalue weighted by Crippen LogP contribution is 2.33. The first-order valence-corrected chi connectivity index (χ1v) is 11.0. The molecule has 1 aromatic heterocycles. The maximum absolute atomic E-state index is 5.91. The number of hydrogen-bond acceptors (Lipinski definition) is 4. The number of nitrogens with zero attached hydrogens (tertiary/aromatic N) is 1. The first-order valence-electron chi connectivity index (χ1n) is 11.0. The van der Waals surface area contributed by atoms with Crippen LogP contribution in [-0.4, -0.2) is 68.0 Å². The molecule has 2 atom stereocenters. The Morgan fingerprint density at radius 1 is 1.14 bits per heavy atom. The van der Waals surface area contributed by atoms with Gasteiger partial charge in [-0.3, -0.25) is 0 Å². The van der Waals surface area contributed by atoms with Gasteiger partial charge in [0.2, 0.25) is 0 Å². The molecule has 3 heterocycles. The van der Waals surface area contributed by atoms with Gasteiger partial charge in [0.25, 0.3) is 0 Å². The van der Waals surface area contributed by atoms with Crippen LogP contribution >= 0.6 is 0 Å². The Hall–Kier alpha value is -1.40. The fourth-order valence-corrected chi connectivity index (χ4v) is 4.78. The average Bonchev–Trinajstić information content (AvgIpc) is 3.37. The second-order valence-electron chi connectivity index (χ2n) is 8.22. The summed E-state index contributed by atoms with van der Waals surface area (Å²) in [4.78, 5) is 6.09. The number of ether oxygens (including phenoxy) is 2. The van der Waals surface area contributed by atoms with E-state index in [1.165, 1.54) is 55.4 Å². The molecule has 5 heteroatoms. The van der Waals surface area contributed by atoms with E-state index in [-0.39, 0.29) is 0 Å². The summed E-state index contributed by atoms with van der Waals surface area (Å²) in [5.41, 5.74) is 2.78. The van der Waals surface area contributed by atoms with Crippen LogP contribution < -0.4 is 5.32 Å². The van der Waals surface area contributed by atoms with Gasteiger partial charge in [0.05, 0.1) is 19.3 Å². The van der Waals surface area contributed by atoms with Crippen LogP contribution in [0.15, 0.2) is 30.5 Å². The molecule has 0 amide bonds. The molecule has 5 nitrogen and oxygen atoms in total. The summed E-state index contributed by atoms with van der Waals surface area (Å²) in [7, 11) is 0. The molecule has 2 aliphatic heterocycles. The fourth-order valence-electron chi connectivity index (χ4n) is 4.78. The summed E-state index contributed by atoms with van der Waals surface area (Å²) in [6, 6.07) is 9.29. The minimum Gasteiger partial charge on any atom is -0.379 e. The van der Waals surface area contributed by atoms with E-state index in [4.69, 9.17) is 9.47 Å². The minimum absolute atomic E-state index is 0.359. The van der Waals surface area contributed by atoms with Crippen LogP contribution in [0.5, 0.6) is 0 Å². The van der Waals surface area contributed by atoms with Gasteiger partial charge >= 0.3 is 0 Å². The molecule has 2 aromatic rings. The molecule has 0 saturated carbocycles. The number of aromatic amines is 1. The molecule has 0 spiro atoms. The maximum atomic E-state index is 5.91. The third kappa shape index (κ3) is 4.95. The Morgan fingerprint density at radius 2 is 2.00 bits per heavy atom. The van der Waals surface area contributed by atoms with Crippen molar-refractivity contribution in [1.82, 2.24) is 15.2 Å². The summed E-state index contributed by atoms with van der Waals surface area (Å²) < 4.78 is 11.3. The summed E-state index contributed by atoms with van der Waals surface area (Å²) in [5, 5.41) is 5.05. The van der Waals surface area contributed by atoms with Gasteiger partial charge in [0, 0.05) is 36.3 Å². The molecule has 2 saturated heterocycles. The Balaban J connectivity index is 1.16. The zero-order valence-corrected chi connectivity index (χ0v) is 17.2. The molecule has 2 N–H and O–H groups in total. The summed E-state index contributed by atoms with van der Waals surface area (Å²) in [6.07, 6.45) is 7.49. The van der Waals surface area contributed by atoms with E-state index in [0.717, 1.165) is 19.6 Å². The van der Waals surface area contributed by atoms with Gasteiger partial charge in [0.15, 0.2) is 0 Å². The average molecular weight is 386 g/mol. The van der Waals surface area contributed by atoms with Crippen molar-refractivity contribution in [3.63, 3.8) is 0 Å². The van der Waals surface area contributed by atoms with Crippen LogP contribution in [-0.2, 0) is 9.47 Å². The third-order valence-corrected chi connectivity index (χ3v) is 6.41. The monoisotopic (exact) mass is 385 g/mol. The van der Waals surface area contributed by atoms with E-state index in [1.54, 1.807) is 0 Å². The van der Waals surface area contributed by atoms with Crippen molar-refractivity contribution in [2.24, 2.45) is 0 Å². The molecule has 0 unspecified atom stereocenters. The Bertz CT molecular complexity index is 723. The lowest BCUT2D eigenvalue weighted by molar-refractivity contribution is 0.0151. The number of piperidine rings is 1. The highest BCUT2D eigenvalue weighted by Gasteiger charge is 2.26. The van der Waals surface area contributed by atoms with Crippen LogP contribution in [0.1, 0.15) is 44.1 Å². The largest absolute Gasteiger partial charge is 0.379 e. The zero-order chi connectivity index (χ0) is 19.2. The van der Waals surface area contributed by atoms with Crippen molar-refractivity contribution in [2.45, 2.75) is 50.7 Å². The quantitative estimate of drug-likeness (QED) is 0.649. The molecular formula is C23H35N3O2. The number of H-pyrrole nitrogens is 1. The molecule has 0 radical (unpaired) electrons. The van der Waals surface area contributed by atoms with Crippen molar-refractivity contribution in [3.05, 3.63) is 36.0 Å². The number of aromatic nitrogens is 1. The Kier molecular flexibility index (Phi) is 7.02. The zero-order valence-electron chi connectivity index (χ0n) is 17.2. The fraction of sp³-hybridized carbons (Fsp3) is 0.652. The molecule has 0 bridgehead atoms. The number of nitrogens with one attached hydrogen (secondary N) is 2. The number of para-hydroxylation sites is 1. The topological polar surface area (TPSA) is 49.5 Å². The molecule has 4 rings (SSSR count). The van der Waals surface area contributed by atoms with E-state index < -0.39 is 0 Å². The molecular weight excluding hydrogens is 350 g/mol. The molecule has 28 heavy (non-hydrogen) atoms. The molecule has 2 fully saturated rings. The minimum atomic E-state index is 0.359. The first kappa shape index (κ1) is 19.9. The lowest BCUT2D eigenvalue weighted by atomic mass is 9.89. The summed E-state index contributed by atoms with van der Waals surface area (Å²) >= 11 is 0. The van der Waals surface area contributed by atoms with E-state index >= 15 is 0 Å². The SMILES string of the molecule is CCOCCO[C@H]1CN[C@H](CCN2CCC(c3c[nH]c4ccccc34)CC2)C1. The van der Waals surface area contributed by atoms with Gasteiger partial charge < -0.3 is 24.7 Å². The Morgan fingerprint density at radius 3 is 2.86 bits per heavy atom. The summed E-state index contributed by atoms with van der Waals surface area (Å²) in [6.45, 7) is 8.83. The van der Waals surface area contributed by atoms with Crippen molar-refractivity contribution in [1.29, 1.82) is 0 Å². The maximum Gasteiger partial charge on any atom is 0.0715 e. The van der Waals surface area contributed by atoms with Gasteiger partial charge in [-0.1, -0.05) is 18.2 Å². The van der Waals surface area contributed by atoms with E-state index in [1.807, 2.05) is 6.92 Å². The second kappa shape index (κ2) is 9.88. The molecule has 1 aromatic carbocycles. The summed E-state index contributed by atoms with van der Waals surface area (Å²) in [5.74, 6) is 0.695. The Labute approximate surface area is 168 Å². The van der Waals surface area contributed by atoms with Crippen LogP contribution in [0.3, 0.4) is 0 Å². The van der Waals surface area contributed by atoms with Gasteiger partial charge in [-0.05, 0) is 69.8 Å². The molecule has 2 aliphatic rings. The van der Waals surface area contributed by atoms with Crippen LogP contribution in [0.25, 0.3) is 10.9 Å². The molecule has 0 aliphatic carbocycles. The van der Waals surface area contributed by atoms with Crippen molar-refractivity contribution >= 4 is 10.9 Å². The predicted octanol–water partition coefficient (Wildman–Crippen LogP) is 3.52. The van der Waals surface area contributed by atoms with Crippen molar-refractivity contribution in [2.75, 3.05) is 46.0 Å². The number of hydrogen-bond donors (Lipinski definition) is 2. The normalized spacial score (nSPS) is 24.3. The van der Waals surface area contributed by atoms with Crippen LogP contribution in [0.2, 0.25) is 0 Å². The van der Waals surface area contributed by atoms with Crippen molar-refractivity contribution in [3.8, 4) is 0 Å². The number of benzene rings is 1. The standard InChI is InChI=1S/C23H35N3O2/c1-2-27-13-14-28-20-15-19(24-16-20)9-12-26-10-7-18(8-11-26)22-17-25-23-6-4-3-5-21(22)23/h3-6,17-20,24-25H,2,7-16H2,1H3/t19-,20-/m1/s1. The molecule has 154 valence electrons. The van der Waals surface area contributed by atoms with Gasteiger partial charge in [-0.2, -0.15) is 0 Å². The predicted molar refractivity (Wildman–Crippen MR) is 114 cm³/mol. The van der Waals surface area contributed by atoms with Gasteiger partial charge in [0.1, 0.15) is 0 Å². The third-order valence-electron chi connectivity index (χ3n) is 6.41. The van der Waals surface area contributed by atoms with Crippen LogP contribution in [0.4, 0.5) is 0 Å². The second-order valence-corrected chi connectivity index (χ2v) is 8.22. The van der Waals surface area contributed by atoms with E-state index in [0.29, 0.717) is 31.3 Å². The smallest absolute Gasteiger partial charge is 0.0715 e. The van der Waals surface area contributed by atoms with Crippen LogP contribution in [0, 0.1) is 0 Å². The lowest BCUT2D eigenvalue weighted by Crippen LogP contribution is -2.36.